The van der Waals surface area contributed by atoms with Crippen molar-refractivity contribution in [2.75, 3.05) is 6.61 Å². The van der Waals surface area contributed by atoms with Gasteiger partial charge in [-0.15, -0.1) is 0 Å². The molecule has 0 saturated heterocycles. The van der Waals surface area contributed by atoms with Crippen LogP contribution in [0.2, 0.25) is 5.02 Å². The van der Waals surface area contributed by atoms with Crippen LogP contribution in [0.3, 0.4) is 0 Å². The minimum atomic E-state index is -1.01. The van der Waals surface area contributed by atoms with E-state index in [-0.39, 0.29) is 6.61 Å². The summed E-state index contributed by atoms with van der Waals surface area (Å²) in [6, 6.07) is 24.6. The summed E-state index contributed by atoms with van der Waals surface area (Å²) < 4.78 is 5.34. The zero-order valence-corrected chi connectivity index (χ0v) is 20.9. The Hall–Kier alpha value is -4.16. The second kappa shape index (κ2) is 12.0. The molecule has 0 radical (unpaired) electrons. The highest BCUT2D eigenvalue weighted by molar-refractivity contribution is 7.99. The van der Waals surface area contributed by atoms with Crippen molar-refractivity contribution in [3.8, 4) is 29.4 Å². The van der Waals surface area contributed by atoms with Crippen LogP contribution < -0.4 is 4.74 Å². The average molecular weight is 510 g/mol. The minimum Gasteiger partial charge on any atom is -0.482 e. The first kappa shape index (κ1) is 24.9. The Kier molecular flexibility index (Phi) is 8.32. The fourth-order valence-corrected chi connectivity index (χ4v) is 4.32. The van der Waals surface area contributed by atoms with Gasteiger partial charge in [-0.25, -0.2) is 9.78 Å². The molecule has 0 atom stereocenters. The summed E-state index contributed by atoms with van der Waals surface area (Å²) >= 11 is 7.55. The molecule has 1 N–H and O–H groups in total. The third-order valence-corrected chi connectivity index (χ3v) is 6.05. The number of nitrogens with zero attached hydrogens (tertiary/aromatic N) is 1. The molecule has 1 heterocycles. The van der Waals surface area contributed by atoms with Crippen LogP contribution in [0.5, 0.6) is 5.75 Å². The molecule has 0 bridgehead atoms. The normalized spacial score (nSPS) is 9.94. The predicted octanol–water partition coefficient (Wildman–Crippen LogP) is 6.46. The number of carboxylic acids is 1. The Morgan fingerprint density at radius 1 is 0.889 bits per heavy atom. The van der Waals surface area contributed by atoms with Crippen LogP contribution in [0, 0.1) is 30.6 Å². The van der Waals surface area contributed by atoms with Crippen LogP contribution in [0.1, 0.15) is 27.9 Å². The van der Waals surface area contributed by atoms with Crippen molar-refractivity contribution in [2.45, 2.75) is 16.7 Å². The number of rotatable bonds is 5. The highest BCUT2D eigenvalue weighted by atomic mass is 35.5. The molecule has 4 nitrogen and oxygen atoms in total. The van der Waals surface area contributed by atoms with Gasteiger partial charge in [0.05, 0.1) is 0 Å². The lowest BCUT2D eigenvalue weighted by Gasteiger charge is -2.09. The Morgan fingerprint density at radius 2 is 1.61 bits per heavy atom. The number of halogens is 1. The third kappa shape index (κ3) is 7.42. The van der Waals surface area contributed by atoms with Gasteiger partial charge < -0.3 is 9.84 Å². The van der Waals surface area contributed by atoms with Crippen LogP contribution in [0.25, 0.3) is 0 Å². The molecule has 0 amide bonds. The molecule has 3 aromatic carbocycles. The van der Waals surface area contributed by atoms with Gasteiger partial charge in [0.15, 0.2) is 6.61 Å². The summed E-state index contributed by atoms with van der Waals surface area (Å²) in [4.78, 5) is 17.0. The first-order valence-corrected chi connectivity index (χ1v) is 12.1. The van der Waals surface area contributed by atoms with Crippen LogP contribution in [-0.4, -0.2) is 22.7 Å². The van der Waals surface area contributed by atoms with Crippen molar-refractivity contribution in [3.63, 3.8) is 0 Å². The highest BCUT2D eigenvalue weighted by Gasteiger charge is 2.07. The number of hydrogen-bond donors (Lipinski definition) is 1. The van der Waals surface area contributed by atoms with Gasteiger partial charge in [-0.05, 0) is 91.2 Å². The maximum atomic E-state index is 10.8. The number of aromatic nitrogens is 1. The van der Waals surface area contributed by atoms with E-state index in [4.69, 9.17) is 21.4 Å². The van der Waals surface area contributed by atoms with Gasteiger partial charge in [0, 0.05) is 37.7 Å². The summed E-state index contributed by atoms with van der Waals surface area (Å²) in [6.45, 7) is 1.51. The smallest absolute Gasteiger partial charge is 0.341 e. The number of aliphatic carboxylic acids is 1. The number of carboxylic acid groups (broad SMARTS) is 1. The van der Waals surface area contributed by atoms with Gasteiger partial charge >= 0.3 is 5.97 Å². The molecule has 36 heavy (non-hydrogen) atoms. The number of pyridine rings is 1. The standard InChI is InChI=1S/C30H20ClNO3S/c1-21-16-27(13-14-29(21)35-20-30(33)34)36-28-18-23(6-5-22-7-10-25(31)11-8-22)17-24(19-28)9-12-26-4-2-3-15-32-26/h2-4,7-8,10-11,13-19H,20H2,1H3,(H,33,34). The van der Waals surface area contributed by atoms with Gasteiger partial charge in [-0.3, -0.25) is 0 Å². The van der Waals surface area contributed by atoms with Crippen LogP contribution in [-0.2, 0) is 4.79 Å². The number of hydrogen-bond acceptors (Lipinski definition) is 4. The van der Waals surface area contributed by atoms with Gasteiger partial charge in [0.25, 0.3) is 0 Å². The van der Waals surface area contributed by atoms with Crippen molar-refractivity contribution < 1.29 is 14.6 Å². The monoisotopic (exact) mass is 509 g/mol. The topological polar surface area (TPSA) is 59.4 Å². The Morgan fingerprint density at radius 3 is 2.28 bits per heavy atom. The molecule has 0 spiro atoms. The lowest BCUT2D eigenvalue weighted by Crippen LogP contribution is -2.09. The van der Waals surface area contributed by atoms with Crippen molar-refractivity contribution in [1.29, 1.82) is 0 Å². The molecule has 0 saturated carbocycles. The van der Waals surface area contributed by atoms with Crippen molar-refractivity contribution in [2.24, 2.45) is 0 Å². The molecule has 4 aromatic rings. The zero-order valence-electron chi connectivity index (χ0n) is 19.3. The second-order valence-electron chi connectivity index (χ2n) is 7.68. The number of aryl methyl sites for hydroxylation is 1. The van der Waals surface area contributed by atoms with E-state index in [9.17, 15) is 4.79 Å². The summed E-state index contributed by atoms with van der Waals surface area (Å²) in [6.07, 6.45) is 1.71. The van der Waals surface area contributed by atoms with Gasteiger partial charge in [-0.1, -0.05) is 47.2 Å². The molecule has 0 aliphatic rings. The summed E-state index contributed by atoms with van der Waals surface area (Å²) in [5.74, 6) is 12.2. The van der Waals surface area contributed by atoms with Crippen LogP contribution >= 0.6 is 23.4 Å². The Balaban J connectivity index is 1.64. The molecule has 0 aliphatic carbocycles. The van der Waals surface area contributed by atoms with E-state index in [2.05, 4.69) is 28.7 Å². The minimum absolute atomic E-state index is 0.375. The maximum Gasteiger partial charge on any atom is 0.341 e. The molecule has 0 aliphatic heterocycles. The Labute approximate surface area is 219 Å². The van der Waals surface area contributed by atoms with Gasteiger partial charge in [-0.2, -0.15) is 0 Å². The van der Waals surface area contributed by atoms with Crippen molar-refractivity contribution in [1.82, 2.24) is 4.98 Å². The van der Waals surface area contributed by atoms with Crippen molar-refractivity contribution in [3.05, 3.63) is 118 Å². The zero-order chi connectivity index (χ0) is 25.3. The fourth-order valence-electron chi connectivity index (χ4n) is 3.18. The lowest BCUT2D eigenvalue weighted by atomic mass is 10.1. The van der Waals surface area contributed by atoms with E-state index in [0.717, 1.165) is 32.0 Å². The van der Waals surface area contributed by atoms with E-state index in [1.165, 1.54) is 0 Å². The molecule has 0 unspecified atom stereocenters. The van der Waals surface area contributed by atoms with Gasteiger partial charge in [0.1, 0.15) is 11.4 Å². The molecule has 1 aromatic heterocycles. The first-order valence-electron chi connectivity index (χ1n) is 10.9. The molecule has 176 valence electrons. The summed E-state index contributed by atoms with van der Waals surface area (Å²) in [7, 11) is 0. The SMILES string of the molecule is Cc1cc(Sc2cc(C#Cc3ccc(Cl)cc3)cc(C#Cc3ccccn3)c2)ccc1OCC(=O)O. The lowest BCUT2D eigenvalue weighted by molar-refractivity contribution is -0.139. The third-order valence-electron chi connectivity index (χ3n) is 4.83. The van der Waals surface area contributed by atoms with E-state index in [1.54, 1.807) is 24.0 Å². The number of benzene rings is 3. The highest BCUT2D eigenvalue weighted by Crippen LogP contribution is 2.32. The summed E-state index contributed by atoms with van der Waals surface area (Å²) in [5.41, 5.74) is 4.07. The number of carbonyl (C=O) groups is 1. The van der Waals surface area contributed by atoms with E-state index in [0.29, 0.717) is 16.5 Å². The summed E-state index contributed by atoms with van der Waals surface area (Å²) in [5, 5.41) is 9.52. The van der Waals surface area contributed by atoms with E-state index >= 15 is 0 Å². The molecule has 4 rings (SSSR count). The quantitative estimate of drug-likeness (QED) is 0.313. The van der Waals surface area contributed by atoms with E-state index < -0.39 is 5.97 Å². The van der Waals surface area contributed by atoms with Crippen LogP contribution in [0.4, 0.5) is 0 Å². The molecule has 0 fully saturated rings. The average Bonchev–Trinajstić information content (AvgIpc) is 2.87. The molecule has 6 heteroatoms. The molecular formula is C30H20ClNO3S. The van der Waals surface area contributed by atoms with E-state index in [1.807, 2.05) is 79.7 Å². The first-order chi connectivity index (χ1) is 17.4. The largest absolute Gasteiger partial charge is 0.482 e. The molecular weight excluding hydrogens is 490 g/mol. The Bertz CT molecular complexity index is 1510. The van der Waals surface area contributed by atoms with Crippen molar-refractivity contribution >= 4 is 29.3 Å². The second-order valence-corrected chi connectivity index (χ2v) is 9.26. The van der Waals surface area contributed by atoms with Crippen LogP contribution in [0.15, 0.2) is 94.9 Å². The van der Waals surface area contributed by atoms with Gasteiger partial charge in [0.2, 0.25) is 0 Å². The number of ether oxygens (including phenoxy) is 1. The predicted molar refractivity (Wildman–Crippen MR) is 143 cm³/mol. The fraction of sp³-hybridized carbons (Fsp3) is 0.0667. The maximum absolute atomic E-state index is 10.8.